The maximum Gasteiger partial charge on any atom is 0.268 e. The van der Waals surface area contributed by atoms with E-state index in [0.29, 0.717) is 32.9 Å². The van der Waals surface area contributed by atoms with E-state index < -0.39 is 11.9 Å². The first-order chi connectivity index (χ1) is 19.4. The number of nitrogens with zero attached hydrogens (tertiary/aromatic N) is 6. The van der Waals surface area contributed by atoms with E-state index in [9.17, 15) is 9.59 Å². The van der Waals surface area contributed by atoms with Crippen molar-refractivity contribution in [2.45, 2.75) is 19.9 Å². The lowest BCUT2D eigenvalue weighted by atomic mass is 10.2. The van der Waals surface area contributed by atoms with E-state index in [1.807, 2.05) is 37.3 Å². The van der Waals surface area contributed by atoms with Gasteiger partial charge in [-0.3, -0.25) is 19.1 Å². The third kappa shape index (κ3) is 5.03. The Morgan fingerprint density at radius 2 is 1.88 bits per heavy atom. The summed E-state index contributed by atoms with van der Waals surface area (Å²) in [6.45, 7) is 3.79. The Labute approximate surface area is 233 Å². The number of terminal acetylenes is 1. The van der Waals surface area contributed by atoms with Gasteiger partial charge in [0, 0.05) is 30.2 Å². The van der Waals surface area contributed by atoms with Crippen LogP contribution in [0, 0.1) is 19.3 Å². The largest absolute Gasteiger partial charge is 0.381 e. The van der Waals surface area contributed by atoms with Crippen molar-refractivity contribution >= 4 is 38.9 Å². The topological polar surface area (TPSA) is 133 Å². The summed E-state index contributed by atoms with van der Waals surface area (Å²) < 4.78 is 2.91. The lowest BCUT2D eigenvalue weighted by Gasteiger charge is -2.19. The number of aromatic nitrogens is 6. The molecule has 0 aliphatic carbocycles. The summed E-state index contributed by atoms with van der Waals surface area (Å²) in [5, 5.41) is 9.12. The molecular weight excluding hydrogens is 524 g/mol. The molecule has 1 amide bonds. The molecule has 11 heteroatoms. The summed E-state index contributed by atoms with van der Waals surface area (Å²) in [5.74, 6) is 2.49. The number of para-hydroxylation sites is 1. The number of nitrogen functional groups attached to an aromatic ring is 1. The maximum atomic E-state index is 13.5. The van der Waals surface area contributed by atoms with Crippen molar-refractivity contribution in [1.82, 2.24) is 34.4 Å². The Morgan fingerprint density at radius 3 is 2.55 bits per heavy atom. The van der Waals surface area contributed by atoms with Gasteiger partial charge in [-0.25, -0.2) is 14.5 Å². The van der Waals surface area contributed by atoms with Crippen molar-refractivity contribution in [2.75, 3.05) is 5.73 Å². The number of carbonyl (C=O) groups is 1. The lowest BCUT2D eigenvalue weighted by Crippen LogP contribution is -2.33. The summed E-state index contributed by atoms with van der Waals surface area (Å²) in [4.78, 5) is 39.9. The van der Waals surface area contributed by atoms with Crippen molar-refractivity contribution in [3.8, 4) is 18.0 Å². The monoisotopic (exact) mass is 548 g/mol. The van der Waals surface area contributed by atoms with Crippen molar-refractivity contribution in [2.24, 2.45) is 0 Å². The van der Waals surface area contributed by atoms with Crippen LogP contribution in [0.25, 0.3) is 21.6 Å². The molecule has 0 aliphatic heterocycles. The van der Waals surface area contributed by atoms with Crippen molar-refractivity contribution in [3.63, 3.8) is 0 Å². The molecule has 0 bridgehead atoms. The number of anilines is 1. The average Bonchev–Trinajstić information content (AvgIpc) is 3.54. The Kier molecular flexibility index (Phi) is 7.35. The Balaban J connectivity index is 0.000000403. The van der Waals surface area contributed by atoms with Crippen LogP contribution in [-0.2, 0) is 0 Å². The zero-order chi connectivity index (χ0) is 28.2. The molecule has 0 unspecified atom stereocenters. The zero-order valence-corrected chi connectivity index (χ0v) is 22.5. The molecule has 5 aromatic heterocycles. The van der Waals surface area contributed by atoms with E-state index in [-0.39, 0.29) is 16.9 Å². The van der Waals surface area contributed by atoms with Gasteiger partial charge >= 0.3 is 0 Å². The Bertz CT molecular complexity index is 1920. The van der Waals surface area contributed by atoms with Gasteiger partial charge in [0.15, 0.2) is 11.5 Å². The smallest absolute Gasteiger partial charge is 0.268 e. The number of amides is 1. The molecule has 0 spiro atoms. The molecule has 1 aromatic carbocycles. The molecule has 0 saturated carbocycles. The predicted octanol–water partition coefficient (Wildman–Crippen LogP) is 3.93. The minimum atomic E-state index is -0.649. The van der Waals surface area contributed by atoms with E-state index in [2.05, 4.69) is 26.3 Å². The first kappa shape index (κ1) is 26.3. The molecule has 1 atom stereocenters. The van der Waals surface area contributed by atoms with E-state index in [0.717, 1.165) is 0 Å². The maximum absolute atomic E-state index is 13.5. The lowest BCUT2D eigenvalue weighted by molar-refractivity contribution is 0.0940. The highest BCUT2D eigenvalue weighted by Gasteiger charge is 2.25. The van der Waals surface area contributed by atoms with Gasteiger partial charge in [0.25, 0.3) is 11.5 Å². The van der Waals surface area contributed by atoms with Gasteiger partial charge in [-0.1, -0.05) is 24.1 Å². The fourth-order valence-corrected chi connectivity index (χ4v) is 4.99. The normalized spacial score (nSPS) is 11.4. The fourth-order valence-electron chi connectivity index (χ4n) is 4.11. The van der Waals surface area contributed by atoms with Gasteiger partial charge < -0.3 is 11.1 Å². The van der Waals surface area contributed by atoms with Gasteiger partial charge in [0.1, 0.15) is 16.2 Å². The molecule has 0 saturated heterocycles. The van der Waals surface area contributed by atoms with Crippen LogP contribution in [0.4, 0.5) is 5.82 Å². The quantitative estimate of drug-likeness (QED) is 0.319. The highest BCUT2D eigenvalue weighted by atomic mass is 32.1. The first-order valence-electron chi connectivity index (χ1n) is 12.2. The summed E-state index contributed by atoms with van der Waals surface area (Å²) >= 11 is 1.29. The van der Waals surface area contributed by atoms with Crippen LogP contribution in [0.15, 0.2) is 83.5 Å². The molecule has 198 valence electrons. The second-order valence-electron chi connectivity index (χ2n) is 8.79. The molecule has 0 fully saturated rings. The van der Waals surface area contributed by atoms with Gasteiger partial charge in [-0.2, -0.15) is 0 Å². The predicted molar refractivity (Wildman–Crippen MR) is 155 cm³/mol. The number of aryl methyl sites for hydroxylation is 1. The third-order valence-electron chi connectivity index (χ3n) is 6.03. The average molecular weight is 549 g/mol. The number of rotatable bonds is 4. The molecule has 40 heavy (non-hydrogen) atoms. The first-order valence-corrected chi connectivity index (χ1v) is 13.1. The molecule has 10 nitrogen and oxygen atoms in total. The van der Waals surface area contributed by atoms with Crippen molar-refractivity contribution in [1.29, 1.82) is 0 Å². The van der Waals surface area contributed by atoms with Crippen LogP contribution < -0.4 is 16.6 Å². The van der Waals surface area contributed by atoms with E-state index in [1.165, 1.54) is 26.0 Å². The van der Waals surface area contributed by atoms with Crippen LogP contribution in [0.5, 0.6) is 0 Å². The second kappa shape index (κ2) is 11.2. The Morgan fingerprint density at radius 1 is 1.12 bits per heavy atom. The minimum Gasteiger partial charge on any atom is -0.381 e. The number of hydrogen-bond donors (Lipinski definition) is 2. The van der Waals surface area contributed by atoms with Gasteiger partial charge in [-0.15, -0.1) is 22.9 Å². The molecule has 3 N–H and O–H groups in total. The van der Waals surface area contributed by atoms with E-state index >= 15 is 0 Å². The summed E-state index contributed by atoms with van der Waals surface area (Å²) in [6, 6.07) is 14.1. The summed E-state index contributed by atoms with van der Waals surface area (Å²) in [5.41, 5.74) is 8.54. The summed E-state index contributed by atoms with van der Waals surface area (Å²) in [7, 11) is 0. The van der Waals surface area contributed by atoms with Crippen LogP contribution in [0.1, 0.15) is 40.3 Å². The standard InChI is InChI=1S/C23H17N7O2S.C6H7N/c1-3-14-12-33-22-16(14)23(32)30(15-8-5-4-6-9-15)19(27-22)13(2)26-21(31)17-18(24)28-29-11-7-10-25-20(17)29;1-6-2-4-7-5-3-6/h1,4-13H,2H3,(H2,24,28)(H,26,31);2-5H,1H3/t13-;/m0./s1. The summed E-state index contributed by atoms with van der Waals surface area (Å²) in [6.07, 6.45) is 12.4. The second-order valence-corrected chi connectivity index (χ2v) is 9.65. The number of fused-ring (bicyclic) bond motifs is 2. The molecule has 5 heterocycles. The van der Waals surface area contributed by atoms with Crippen LogP contribution >= 0.6 is 11.3 Å². The van der Waals surface area contributed by atoms with Crippen molar-refractivity contribution < 1.29 is 4.79 Å². The van der Waals surface area contributed by atoms with Gasteiger partial charge in [-0.05, 0) is 49.7 Å². The molecule has 0 radical (unpaired) electrons. The Hall–Kier alpha value is -5.34. The highest BCUT2D eigenvalue weighted by molar-refractivity contribution is 7.17. The van der Waals surface area contributed by atoms with Gasteiger partial charge in [0.05, 0.1) is 22.7 Å². The number of carbonyl (C=O) groups excluding carboxylic acids is 1. The fraction of sp³-hybridized carbons (Fsp3) is 0.103. The van der Waals surface area contributed by atoms with Crippen LogP contribution in [0.3, 0.4) is 0 Å². The van der Waals surface area contributed by atoms with Crippen molar-refractivity contribution in [3.05, 3.63) is 112 Å². The zero-order valence-electron chi connectivity index (χ0n) is 21.6. The SMILES string of the molecule is C#Cc1csc2nc([C@H](C)NC(=O)c3c(N)nn4cccnc34)n(-c3ccccc3)c(=O)c12.Cc1ccncc1. The van der Waals surface area contributed by atoms with Crippen LogP contribution in [0.2, 0.25) is 0 Å². The number of pyridine rings is 1. The van der Waals surface area contributed by atoms with Gasteiger partial charge in [0.2, 0.25) is 0 Å². The molecule has 0 aliphatic rings. The number of thiophene rings is 1. The molecular formula is C29H24N8O2S. The minimum absolute atomic E-state index is 0.0548. The number of hydrogen-bond acceptors (Lipinski definition) is 8. The number of nitrogens with two attached hydrogens (primary N) is 1. The number of benzene rings is 1. The third-order valence-corrected chi connectivity index (χ3v) is 6.91. The highest BCUT2D eigenvalue weighted by Crippen LogP contribution is 2.25. The van der Waals surface area contributed by atoms with E-state index in [1.54, 1.807) is 55.3 Å². The molecule has 6 aromatic rings. The van der Waals surface area contributed by atoms with Crippen LogP contribution in [-0.4, -0.2) is 35.0 Å². The van der Waals surface area contributed by atoms with E-state index in [4.69, 9.17) is 17.1 Å². The number of nitrogens with one attached hydrogen (secondary N) is 1. The molecule has 6 rings (SSSR count).